The van der Waals surface area contributed by atoms with E-state index in [0.717, 1.165) is 23.4 Å². The monoisotopic (exact) mass is 473 g/mol. The summed E-state index contributed by atoms with van der Waals surface area (Å²) < 4.78 is 27.3. The van der Waals surface area contributed by atoms with Crippen LogP contribution in [-0.2, 0) is 6.54 Å². The Morgan fingerprint density at radius 3 is 2.46 bits per heavy atom. The lowest BCUT2D eigenvalue weighted by molar-refractivity contribution is 0.0741. The van der Waals surface area contributed by atoms with Gasteiger partial charge < -0.3 is 14.4 Å². The summed E-state index contributed by atoms with van der Waals surface area (Å²) >= 11 is 0. The first kappa shape index (κ1) is 24.0. The van der Waals surface area contributed by atoms with Crippen LogP contribution >= 0.6 is 0 Å². The number of para-hydroxylation sites is 1. The fourth-order valence-corrected chi connectivity index (χ4v) is 3.86. The minimum atomic E-state index is -0.442. The molecule has 6 nitrogen and oxygen atoms in total. The SMILES string of the molecule is CCCN(Cc1c(C)nn(-c2ccccc2)c1Oc1cccc(OC)c1)C(=O)c1cccc(F)c1. The van der Waals surface area contributed by atoms with Crippen molar-refractivity contribution in [3.8, 4) is 23.1 Å². The second-order valence-electron chi connectivity index (χ2n) is 8.13. The second kappa shape index (κ2) is 10.9. The molecular formula is C28H28FN3O3. The van der Waals surface area contributed by atoms with E-state index in [1.807, 2.05) is 62.4 Å². The number of methoxy groups -OCH3 is 1. The molecule has 1 heterocycles. The standard InChI is InChI=1S/C28H28FN3O3/c1-4-16-31(27(33)21-10-8-11-22(29)17-21)19-26-20(2)30-32(23-12-6-5-7-13-23)28(26)35-25-15-9-14-24(18-25)34-3/h5-15,17-18H,4,16,19H2,1-3H3. The minimum Gasteiger partial charge on any atom is -0.497 e. The van der Waals surface area contributed by atoms with Gasteiger partial charge in [-0.3, -0.25) is 4.79 Å². The Hall–Kier alpha value is -4.13. The molecule has 0 N–H and O–H groups in total. The number of rotatable bonds is 9. The molecule has 4 rings (SSSR count). The van der Waals surface area contributed by atoms with Gasteiger partial charge in [-0.25, -0.2) is 9.07 Å². The zero-order valence-corrected chi connectivity index (χ0v) is 20.1. The number of ether oxygens (including phenoxy) is 2. The molecule has 0 aliphatic heterocycles. The summed E-state index contributed by atoms with van der Waals surface area (Å²) in [6.45, 7) is 4.66. The van der Waals surface area contributed by atoms with E-state index >= 15 is 0 Å². The zero-order valence-electron chi connectivity index (χ0n) is 20.1. The largest absolute Gasteiger partial charge is 0.497 e. The number of amides is 1. The zero-order chi connectivity index (χ0) is 24.8. The number of aryl methyl sites for hydroxylation is 1. The Kier molecular flexibility index (Phi) is 7.45. The molecule has 0 spiro atoms. The predicted molar refractivity (Wildman–Crippen MR) is 133 cm³/mol. The minimum absolute atomic E-state index is 0.245. The maximum atomic E-state index is 13.8. The van der Waals surface area contributed by atoms with Crippen LogP contribution in [0.1, 0.15) is 35.0 Å². The Balaban J connectivity index is 1.76. The summed E-state index contributed by atoms with van der Waals surface area (Å²) in [7, 11) is 1.60. The van der Waals surface area contributed by atoms with Crippen molar-refractivity contribution < 1.29 is 18.7 Å². The molecule has 4 aromatic rings. The van der Waals surface area contributed by atoms with Crippen LogP contribution in [-0.4, -0.2) is 34.2 Å². The van der Waals surface area contributed by atoms with Crippen molar-refractivity contribution in [1.82, 2.24) is 14.7 Å². The molecule has 180 valence electrons. The van der Waals surface area contributed by atoms with Gasteiger partial charge in [0.15, 0.2) is 0 Å². The number of carbonyl (C=O) groups excluding carboxylic acids is 1. The molecule has 0 atom stereocenters. The van der Waals surface area contributed by atoms with Gasteiger partial charge in [0.25, 0.3) is 5.91 Å². The molecule has 1 aromatic heterocycles. The summed E-state index contributed by atoms with van der Waals surface area (Å²) in [5.74, 6) is 1.07. The van der Waals surface area contributed by atoms with Crippen molar-refractivity contribution in [3.63, 3.8) is 0 Å². The van der Waals surface area contributed by atoms with Crippen molar-refractivity contribution >= 4 is 5.91 Å². The van der Waals surface area contributed by atoms with Crippen LogP contribution in [0.2, 0.25) is 0 Å². The van der Waals surface area contributed by atoms with E-state index in [4.69, 9.17) is 14.6 Å². The molecule has 0 aliphatic rings. The molecule has 0 unspecified atom stereocenters. The van der Waals surface area contributed by atoms with Crippen LogP contribution in [0, 0.1) is 12.7 Å². The maximum absolute atomic E-state index is 13.8. The van der Waals surface area contributed by atoms with E-state index < -0.39 is 5.82 Å². The van der Waals surface area contributed by atoms with Crippen LogP contribution in [0.5, 0.6) is 17.4 Å². The topological polar surface area (TPSA) is 56.6 Å². The number of aromatic nitrogens is 2. The van der Waals surface area contributed by atoms with Gasteiger partial charge in [0.05, 0.1) is 30.6 Å². The molecule has 0 saturated heterocycles. The van der Waals surface area contributed by atoms with Crippen LogP contribution < -0.4 is 9.47 Å². The number of hydrogen-bond donors (Lipinski definition) is 0. The average molecular weight is 474 g/mol. The van der Waals surface area contributed by atoms with Crippen LogP contribution in [0.15, 0.2) is 78.9 Å². The fourth-order valence-electron chi connectivity index (χ4n) is 3.86. The molecule has 0 saturated carbocycles. The number of nitrogens with zero attached hydrogens (tertiary/aromatic N) is 3. The van der Waals surface area contributed by atoms with E-state index in [1.54, 1.807) is 34.9 Å². The fraction of sp³-hybridized carbons (Fsp3) is 0.214. The first-order valence-corrected chi connectivity index (χ1v) is 11.5. The van der Waals surface area contributed by atoms with Crippen LogP contribution in [0.3, 0.4) is 0 Å². The lowest BCUT2D eigenvalue weighted by Crippen LogP contribution is -2.31. The molecule has 7 heteroatoms. The van der Waals surface area contributed by atoms with Gasteiger partial charge >= 0.3 is 0 Å². The molecule has 0 bridgehead atoms. The second-order valence-corrected chi connectivity index (χ2v) is 8.13. The molecular weight excluding hydrogens is 445 g/mol. The van der Waals surface area contributed by atoms with E-state index in [-0.39, 0.29) is 12.5 Å². The quantitative estimate of drug-likeness (QED) is 0.292. The first-order chi connectivity index (χ1) is 17.0. The highest BCUT2D eigenvalue weighted by Gasteiger charge is 2.24. The number of carbonyl (C=O) groups is 1. The van der Waals surface area contributed by atoms with E-state index in [0.29, 0.717) is 29.5 Å². The van der Waals surface area contributed by atoms with E-state index in [1.165, 1.54) is 12.1 Å². The average Bonchev–Trinajstić information content (AvgIpc) is 3.18. The molecule has 35 heavy (non-hydrogen) atoms. The van der Waals surface area contributed by atoms with Gasteiger partial charge in [-0.1, -0.05) is 37.3 Å². The van der Waals surface area contributed by atoms with Gasteiger partial charge in [0, 0.05) is 18.2 Å². The Bertz CT molecular complexity index is 1300. The first-order valence-electron chi connectivity index (χ1n) is 11.5. The third kappa shape index (κ3) is 5.51. The molecule has 1 amide bonds. The Morgan fingerprint density at radius 1 is 1.00 bits per heavy atom. The highest BCUT2D eigenvalue weighted by atomic mass is 19.1. The normalized spacial score (nSPS) is 10.7. The summed E-state index contributed by atoms with van der Waals surface area (Å²) in [6.07, 6.45) is 0.749. The third-order valence-corrected chi connectivity index (χ3v) is 5.60. The van der Waals surface area contributed by atoms with Crippen molar-refractivity contribution in [3.05, 3.63) is 102 Å². The summed E-state index contributed by atoms with van der Waals surface area (Å²) in [5, 5.41) is 4.74. The van der Waals surface area contributed by atoms with E-state index in [2.05, 4.69) is 0 Å². The smallest absolute Gasteiger partial charge is 0.254 e. The highest BCUT2D eigenvalue weighted by molar-refractivity contribution is 5.94. The van der Waals surface area contributed by atoms with Gasteiger partial charge in [0.1, 0.15) is 17.3 Å². The van der Waals surface area contributed by atoms with Crippen LogP contribution in [0.25, 0.3) is 5.69 Å². The molecule has 0 radical (unpaired) electrons. The van der Waals surface area contributed by atoms with E-state index in [9.17, 15) is 9.18 Å². The van der Waals surface area contributed by atoms with Crippen molar-refractivity contribution in [1.29, 1.82) is 0 Å². The summed E-state index contributed by atoms with van der Waals surface area (Å²) in [6, 6.07) is 22.8. The van der Waals surface area contributed by atoms with Gasteiger partial charge in [-0.15, -0.1) is 0 Å². The van der Waals surface area contributed by atoms with Crippen molar-refractivity contribution in [2.45, 2.75) is 26.8 Å². The van der Waals surface area contributed by atoms with Gasteiger partial charge in [-0.05, 0) is 55.8 Å². The lowest BCUT2D eigenvalue weighted by Gasteiger charge is -2.23. The highest BCUT2D eigenvalue weighted by Crippen LogP contribution is 2.33. The summed E-state index contributed by atoms with van der Waals surface area (Å²) in [5.41, 5.74) is 2.65. The molecule has 0 aliphatic carbocycles. The molecule has 3 aromatic carbocycles. The third-order valence-electron chi connectivity index (χ3n) is 5.60. The Labute approximate surface area is 204 Å². The van der Waals surface area contributed by atoms with Gasteiger partial charge in [0.2, 0.25) is 5.88 Å². The van der Waals surface area contributed by atoms with Gasteiger partial charge in [-0.2, -0.15) is 5.10 Å². The number of hydrogen-bond acceptors (Lipinski definition) is 4. The number of halogens is 1. The summed E-state index contributed by atoms with van der Waals surface area (Å²) in [4.78, 5) is 15.0. The Morgan fingerprint density at radius 2 is 1.74 bits per heavy atom. The number of benzene rings is 3. The predicted octanol–water partition coefficient (Wildman–Crippen LogP) is 6.17. The lowest BCUT2D eigenvalue weighted by atomic mass is 10.1. The maximum Gasteiger partial charge on any atom is 0.254 e. The van der Waals surface area contributed by atoms with Crippen molar-refractivity contribution in [2.75, 3.05) is 13.7 Å². The van der Waals surface area contributed by atoms with Crippen molar-refractivity contribution in [2.24, 2.45) is 0 Å². The van der Waals surface area contributed by atoms with Crippen LogP contribution in [0.4, 0.5) is 4.39 Å². The molecule has 0 fully saturated rings.